The van der Waals surface area contributed by atoms with Crippen molar-refractivity contribution in [2.24, 2.45) is 0 Å². The summed E-state index contributed by atoms with van der Waals surface area (Å²) in [5.74, 6) is 0. The lowest BCUT2D eigenvalue weighted by atomic mass is 10.1. The SMILES string of the molecule is CCC(NC(=O)N(CC)Cc1ccc(SC)cc1)c1cccnc1. The Hall–Kier alpha value is -2.01. The Morgan fingerprint density at radius 2 is 2.00 bits per heavy atom. The van der Waals surface area contributed by atoms with Gasteiger partial charge in [0.2, 0.25) is 0 Å². The van der Waals surface area contributed by atoms with Crippen molar-refractivity contribution in [3.63, 3.8) is 0 Å². The Morgan fingerprint density at radius 3 is 2.54 bits per heavy atom. The van der Waals surface area contributed by atoms with Crippen molar-refractivity contribution in [1.82, 2.24) is 15.2 Å². The van der Waals surface area contributed by atoms with E-state index in [1.807, 2.05) is 30.2 Å². The lowest BCUT2D eigenvalue weighted by Crippen LogP contribution is -2.41. The standard InChI is InChI=1S/C19H25N3OS/c1-4-18(16-7-6-12-20-13-16)21-19(23)22(5-2)14-15-8-10-17(24-3)11-9-15/h6-13,18H,4-5,14H2,1-3H3,(H,21,23). The molecule has 2 amide bonds. The van der Waals surface area contributed by atoms with Gasteiger partial charge in [0.25, 0.3) is 0 Å². The van der Waals surface area contributed by atoms with E-state index in [0.29, 0.717) is 13.1 Å². The monoisotopic (exact) mass is 343 g/mol. The number of aromatic nitrogens is 1. The number of carbonyl (C=O) groups excluding carboxylic acids is 1. The summed E-state index contributed by atoms with van der Waals surface area (Å²) in [5, 5.41) is 3.12. The lowest BCUT2D eigenvalue weighted by Gasteiger charge is -2.25. The average molecular weight is 343 g/mol. The maximum atomic E-state index is 12.6. The lowest BCUT2D eigenvalue weighted by molar-refractivity contribution is 0.193. The van der Waals surface area contributed by atoms with Crippen LogP contribution in [0.2, 0.25) is 0 Å². The molecular formula is C19H25N3OS. The molecule has 128 valence electrons. The molecule has 0 aliphatic heterocycles. The van der Waals surface area contributed by atoms with Crippen LogP contribution in [-0.4, -0.2) is 28.7 Å². The largest absolute Gasteiger partial charge is 0.331 e. The number of hydrogen-bond acceptors (Lipinski definition) is 3. The van der Waals surface area contributed by atoms with Crippen molar-refractivity contribution >= 4 is 17.8 Å². The molecule has 5 heteroatoms. The maximum Gasteiger partial charge on any atom is 0.318 e. The van der Waals surface area contributed by atoms with Gasteiger partial charge >= 0.3 is 6.03 Å². The molecule has 1 atom stereocenters. The van der Waals surface area contributed by atoms with Crippen molar-refractivity contribution < 1.29 is 4.79 Å². The van der Waals surface area contributed by atoms with Crippen LogP contribution in [0.3, 0.4) is 0 Å². The minimum atomic E-state index is -0.0397. The van der Waals surface area contributed by atoms with Gasteiger partial charge in [-0.2, -0.15) is 0 Å². The number of nitrogens with one attached hydrogen (secondary N) is 1. The summed E-state index contributed by atoms with van der Waals surface area (Å²) >= 11 is 1.72. The maximum absolute atomic E-state index is 12.6. The molecule has 24 heavy (non-hydrogen) atoms. The van der Waals surface area contributed by atoms with Crippen LogP contribution in [0, 0.1) is 0 Å². The fraction of sp³-hybridized carbons (Fsp3) is 0.368. The van der Waals surface area contributed by atoms with Crippen molar-refractivity contribution in [1.29, 1.82) is 0 Å². The molecule has 0 radical (unpaired) electrons. The minimum Gasteiger partial charge on any atom is -0.331 e. The van der Waals surface area contributed by atoms with Gasteiger partial charge < -0.3 is 10.2 Å². The number of hydrogen-bond donors (Lipinski definition) is 1. The second-order valence-electron chi connectivity index (χ2n) is 5.56. The fourth-order valence-corrected chi connectivity index (χ4v) is 2.93. The fourth-order valence-electron chi connectivity index (χ4n) is 2.52. The highest BCUT2D eigenvalue weighted by atomic mass is 32.2. The van der Waals surface area contributed by atoms with E-state index in [2.05, 4.69) is 47.7 Å². The highest BCUT2D eigenvalue weighted by Gasteiger charge is 2.17. The highest BCUT2D eigenvalue weighted by Crippen LogP contribution is 2.18. The van der Waals surface area contributed by atoms with E-state index >= 15 is 0 Å². The Labute approximate surface area is 148 Å². The number of pyridine rings is 1. The minimum absolute atomic E-state index is 0.0147. The topological polar surface area (TPSA) is 45.2 Å². The van der Waals surface area contributed by atoms with E-state index in [-0.39, 0.29) is 12.1 Å². The van der Waals surface area contributed by atoms with Crippen LogP contribution >= 0.6 is 11.8 Å². The van der Waals surface area contributed by atoms with Crippen LogP contribution in [0.5, 0.6) is 0 Å². The molecule has 2 aromatic rings. The molecule has 0 spiro atoms. The zero-order chi connectivity index (χ0) is 17.4. The third-order valence-corrected chi connectivity index (χ3v) is 4.74. The molecule has 0 saturated heterocycles. The number of nitrogens with zero attached hydrogens (tertiary/aromatic N) is 2. The van der Waals surface area contributed by atoms with Crippen LogP contribution in [0.15, 0.2) is 53.7 Å². The van der Waals surface area contributed by atoms with Gasteiger partial charge in [0.05, 0.1) is 6.04 Å². The second kappa shape index (κ2) is 9.33. The smallest absolute Gasteiger partial charge is 0.318 e. The summed E-state index contributed by atoms with van der Waals surface area (Å²) in [6.07, 6.45) is 6.45. The first-order valence-corrected chi connectivity index (χ1v) is 9.48. The zero-order valence-corrected chi connectivity index (χ0v) is 15.3. The highest BCUT2D eigenvalue weighted by molar-refractivity contribution is 7.98. The first-order valence-electron chi connectivity index (χ1n) is 8.26. The van der Waals surface area contributed by atoms with Crippen LogP contribution in [0.25, 0.3) is 0 Å². The number of thioether (sulfide) groups is 1. The molecule has 2 rings (SSSR count). The van der Waals surface area contributed by atoms with E-state index in [1.54, 1.807) is 18.0 Å². The van der Waals surface area contributed by atoms with E-state index < -0.39 is 0 Å². The van der Waals surface area contributed by atoms with Gasteiger partial charge in [-0.05, 0) is 48.9 Å². The Morgan fingerprint density at radius 1 is 1.25 bits per heavy atom. The predicted molar refractivity (Wildman–Crippen MR) is 100 cm³/mol. The summed E-state index contributed by atoms with van der Waals surface area (Å²) in [4.78, 5) is 19.8. The normalized spacial score (nSPS) is 11.8. The molecule has 0 aliphatic carbocycles. The number of urea groups is 1. The van der Waals surface area contributed by atoms with E-state index in [4.69, 9.17) is 0 Å². The summed E-state index contributed by atoms with van der Waals surface area (Å²) in [6, 6.07) is 12.2. The van der Waals surface area contributed by atoms with Crippen molar-refractivity contribution in [2.75, 3.05) is 12.8 Å². The van der Waals surface area contributed by atoms with Crippen LogP contribution in [-0.2, 0) is 6.54 Å². The van der Waals surface area contributed by atoms with E-state index in [9.17, 15) is 4.79 Å². The number of rotatable bonds is 7. The molecule has 0 fully saturated rings. The molecule has 1 unspecified atom stereocenters. The summed E-state index contributed by atoms with van der Waals surface area (Å²) in [6.45, 7) is 5.34. The summed E-state index contributed by atoms with van der Waals surface area (Å²) < 4.78 is 0. The van der Waals surface area contributed by atoms with Gasteiger partial charge in [0.1, 0.15) is 0 Å². The van der Waals surface area contributed by atoms with Gasteiger partial charge in [-0.3, -0.25) is 4.98 Å². The number of carbonyl (C=O) groups is 1. The zero-order valence-electron chi connectivity index (χ0n) is 14.5. The third kappa shape index (κ3) is 4.99. The van der Waals surface area contributed by atoms with E-state index in [0.717, 1.165) is 17.5 Å². The first kappa shape index (κ1) is 18.3. The van der Waals surface area contributed by atoms with Crippen LogP contribution < -0.4 is 5.32 Å². The van der Waals surface area contributed by atoms with Gasteiger partial charge in [-0.15, -0.1) is 11.8 Å². The number of amides is 2. The molecule has 0 aliphatic rings. The number of benzene rings is 1. The predicted octanol–water partition coefficient (Wildman–Crippen LogP) is 4.49. The third-order valence-electron chi connectivity index (χ3n) is 3.99. The van der Waals surface area contributed by atoms with Crippen molar-refractivity contribution in [3.05, 3.63) is 59.9 Å². The molecule has 0 saturated carbocycles. The van der Waals surface area contributed by atoms with Gasteiger partial charge in [-0.1, -0.05) is 25.1 Å². The average Bonchev–Trinajstić information content (AvgIpc) is 2.65. The Balaban J connectivity index is 2.01. The first-order chi connectivity index (χ1) is 11.7. The van der Waals surface area contributed by atoms with Gasteiger partial charge in [0.15, 0.2) is 0 Å². The van der Waals surface area contributed by atoms with Crippen LogP contribution in [0.4, 0.5) is 4.79 Å². The van der Waals surface area contributed by atoms with Crippen molar-refractivity contribution in [2.45, 2.75) is 37.8 Å². The quantitative estimate of drug-likeness (QED) is 0.754. The molecule has 1 N–H and O–H groups in total. The summed E-state index contributed by atoms with van der Waals surface area (Å²) in [5.41, 5.74) is 2.17. The van der Waals surface area contributed by atoms with Gasteiger partial charge in [0, 0.05) is 30.4 Å². The molecule has 0 bridgehead atoms. The second-order valence-corrected chi connectivity index (χ2v) is 6.44. The summed E-state index contributed by atoms with van der Waals surface area (Å²) in [7, 11) is 0. The van der Waals surface area contributed by atoms with Gasteiger partial charge in [-0.25, -0.2) is 4.79 Å². The molecule has 1 heterocycles. The van der Waals surface area contributed by atoms with E-state index in [1.165, 1.54) is 4.90 Å². The molecule has 4 nitrogen and oxygen atoms in total. The van der Waals surface area contributed by atoms with Crippen LogP contribution in [0.1, 0.15) is 37.4 Å². The van der Waals surface area contributed by atoms with Crippen molar-refractivity contribution in [3.8, 4) is 0 Å². The Kier molecular flexibility index (Phi) is 7.12. The molecular weight excluding hydrogens is 318 g/mol. The molecule has 1 aromatic carbocycles. The molecule has 1 aromatic heterocycles. The Bertz CT molecular complexity index is 631.